The van der Waals surface area contributed by atoms with Crippen LogP contribution in [0.1, 0.15) is 28.8 Å². The maximum absolute atomic E-state index is 14.2. The summed E-state index contributed by atoms with van der Waals surface area (Å²) >= 11 is 0. The van der Waals surface area contributed by atoms with Gasteiger partial charge in [-0.3, -0.25) is 4.79 Å². The van der Waals surface area contributed by atoms with Gasteiger partial charge in [-0.05, 0) is 55.3 Å². The van der Waals surface area contributed by atoms with Crippen LogP contribution in [0.4, 0.5) is 44.1 Å². The number of amides is 3. The summed E-state index contributed by atoms with van der Waals surface area (Å²) in [6, 6.07) is 7.03. The Morgan fingerprint density at radius 1 is 0.896 bits per heavy atom. The molecular formula is C31H29F5N10O2. The highest BCUT2D eigenvalue weighted by atomic mass is 19.4. The van der Waals surface area contributed by atoms with Crippen molar-refractivity contribution in [2.24, 2.45) is 5.92 Å². The average Bonchev–Trinajstić information content (AvgIpc) is 3.78. The molecule has 3 aromatic rings. The third kappa shape index (κ3) is 7.98. The summed E-state index contributed by atoms with van der Waals surface area (Å²) in [5.74, 6) is -1.73. The van der Waals surface area contributed by atoms with E-state index in [9.17, 15) is 31.5 Å². The minimum absolute atomic E-state index is 0.0371. The molecule has 3 N–H and O–H groups in total. The molecular weight excluding hydrogens is 639 g/mol. The molecule has 6 rings (SSSR count). The van der Waals surface area contributed by atoms with Crippen LogP contribution in [0.25, 0.3) is 0 Å². The van der Waals surface area contributed by atoms with Gasteiger partial charge in [-0.15, -0.1) is 0 Å². The fourth-order valence-corrected chi connectivity index (χ4v) is 5.78. The van der Waals surface area contributed by atoms with E-state index in [4.69, 9.17) is 10.5 Å². The van der Waals surface area contributed by atoms with Crippen molar-refractivity contribution in [2.45, 2.75) is 31.1 Å². The predicted molar refractivity (Wildman–Crippen MR) is 161 cm³/mol. The van der Waals surface area contributed by atoms with E-state index in [0.29, 0.717) is 56.8 Å². The molecule has 0 unspecified atom stereocenters. The lowest BCUT2D eigenvalue weighted by molar-refractivity contribution is -0.137. The summed E-state index contributed by atoms with van der Waals surface area (Å²) in [6.07, 6.45) is 3.99. The number of carbonyl (C=O) groups is 2. The van der Waals surface area contributed by atoms with Crippen LogP contribution in [0.5, 0.6) is 0 Å². The van der Waals surface area contributed by atoms with Crippen LogP contribution in [0.2, 0.25) is 0 Å². The fourth-order valence-electron chi connectivity index (χ4n) is 5.78. The van der Waals surface area contributed by atoms with Gasteiger partial charge in [0.2, 0.25) is 5.95 Å². The monoisotopic (exact) mass is 668 g/mol. The number of likely N-dealkylation sites (tertiary alicyclic amines) is 3. The van der Waals surface area contributed by atoms with Gasteiger partial charge < -0.3 is 30.7 Å². The number of carbonyl (C=O) groups excluding carboxylic acids is 2. The van der Waals surface area contributed by atoms with Gasteiger partial charge in [0.1, 0.15) is 11.6 Å². The third-order valence-electron chi connectivity index (χ3n) is 8.19. The van der Waals surface area contributed by atoms with E-state index in [1.54, 1.807) is 34.3 Å². The summed E-state index contributed by atoms with van der Waals surface area (Å²) in [7, 11) is 0. The Balaban J connectivity index is 0.000000188. The first-order chi connectivity index (χ1) is 22.9. The molecule has 0 bridgehead atoms. The van der Waals surface area contributed by atoms with Gasteiger partial charge in [0.15, 0.2) is 12.4 Å². The van der Waals surface area contributed by atoms with Gasteiger partial charge in [0.25, 0.3) is 5.91 Å². The molecule has 3 aliphatic heterocycles. The van der Waals surface area contributed by atoms with E-state index < -0.39 is 35.3 Å². The van der Waals surface area contributed by atoms with Crippen molar-refractivity contribution in [1.29, 1.82) is 10.5 Å². The largest absolute Gasteiger partial charge is 0.416 e. The number of rotatable bonds is 5. The first-order valence-corrected chi connectivity index (χ1v) is 14.8. The SMILES string of the molecule is N#CN1CC[C@@H](NC(=O)c2ccc(Nc3ncccn3)cc2F)C1.N#CN1C[C@H]2CCN(C(=O)Nc3ccc(C(F)(F)F)cc3F)[C@H]2C1. The van der Waals surface area contributed by atoms with Crippen molar-refractivity contribution in [3.8, 4) is 12.4 Å². The molecule has 17 heteroatoms. The van der Waals surface area contributed by atoms with Crippen LogP contribution in [0, 0.1) is 40.5 Å². The molecule has 2 aromatic carbocycles. The van der Waals surface area contributed by atoms with Gasteiger partial charge in [-0.1, -0.05) is 0 Å². The zero-order valence-corrected chi connectivity index (χ0v) is 25.2. The molecule has 3 fully saturated rings. The van der Waals surface area contributed by atoms with E-state index >= 15 is 0 Å². The number of nitrogens with zero attached hydrogens (tertiary/aromatic N) is 7. The zero-order chi connectivity index (χ0) is 34.4. The second kappa shape index (κ2) is 14.4. The Labute approximate surface area is 271 Å². The number of anilines is 3. The molecule has 12 nitrogen and oxygen atoms in total. The van der Waals surface area contributed by atoms with Crippen LogP contribution in [-0.2, 0) is 6.18 Å². The lowest BCUT2D eigenvalue weighted by Gasteiger charge is -2.24. The Bertz CT molecular complexity index is 1730. The summed E-state index contributed by atoms with van der Waals surface area (Å²) in [6.45, 7) is 2.53. The van der Waals surface area contributed by atoms with Gasteiger partial charge in [-0.2, -0.15) is 23.7 Å². The fraction of sp³-hybridized carbons (Fsp3) is 0.355. The van der Waals surface area contributed by atoms with Gasteiger partial charge in [0, 0.05) is 62.8 Å². The second-order valence-electron chi connectivity index (χ2n) is 11.3. The highest BCUT2D eigenvalue weighted by molar-refractivity contribution is 5.95. The predicted octanol–water partition coefficient (Wildman–Crippen LogP) is 4.51. The number of urea groups is 1. The minimum atomic E-state index is -4.64. The van der Waals surface area contributed by atoms with Crippen LogP contribution < -0.4 is 16.0 Å². The molecule has 3 amide bonds. The Morgan fingerprint density at radius 2 is 1.65 bits per heavy atom. The number of hydrogen-bond donors (Lipinski definition) is 3. The maximum Gasteiger partial charge on any atom is 0.416 e. The Kier molecular flexibility index (Phi) is 10.1. The number of nitriles is 2. The molecule has 48 heavy (non-hydrogen) atoms. The maximum atomic E-state index is 14.2. The molecule has 250 valence electrons. The number of fused-ring (bicyclic) bond motifs is 1. The zero-order valence-electron chi connectivity index (χ0n) is 25.2. The standard InChI is InChI=1S/C16H15FN6O.C15H14F4N4O/c17-14-8-11(22-16-19-5-1-6-20-16)2-3-13(14)15(24)21-12-4-7-23(9-12)10-18;16-11-5-10(15(17,18)19)1-2-12(11)21-14(24)23-4-3-9-6-22(8-20)7-13(9)23/h1-3,5-6,8,12H,4,7,9H2,(H,21,24)(H,19,20,22);1-2,5,9,13H,3-4,6-7H2,(H,21,24)/t12-;9-,13+/m11/s1. The minimum Gasteiger partial charge on any atom is -0.347 e. The lowest BCUT2D eigenvalue weighted by Crippen LogP contribution is -2.41. The van der Waals surface area contributed by atoms with Gasteiger partial charge in [0.05, 0.1) is 22.9 Å². The molecule has 0 spiro atoms. The van der Waals surface area contributed by atoms with E-state index in [0.717, 1.165) is 18.6 Å². The molecule has 3 saturated heterocycles. The van der Waals surface area contributed by atoms with E-state index in [1.165, 1.54) is 17.0 Å². The van der Waals surface area contributed by atoms with Gasteiger partial charge in [-0.25, -0.2) is 23.5 Å². The molecule has 1 aromatic heterocycles. The number of nitrogens with one attached hydrogen (secondary N) is 3. The average molecular weight is 669 g/mol. The summed E-state index contributed by atoms with van der Waals surface area (Å²) in [4.78, 5) is 37.1. The van der Waals surface area contributed by atoms with Crippen molar-refractivity contribution in [1.82, 2.24) is 30.0 Å². The molecule has 0 radical (unpaired) electrons. The molecule has 3 aliphatic rings. The second-order valence-corrected chi connectivity index (χ2v) is 11.3. The van der Waals surface area contributed by atoms with Crippen molar-refractivity contribution in [3.05, 3.63) is 77.6 Å². The highest BCUT2D eigenvalue weighted by Gasteiger charge is 2.43. The third-order valence-corrected chi connectivity index (χ3v) is 8.19. The molecule has 3 atom stereocenters. The summed E-state index contributed by atoms with van der Waals surface area (Å²) in [5.41, 5.74) is -0.997. The van der Waals surface area contributed by atoms with Crippen LogP contribution in [0.15, 0.2) is 54.9 Å². The van der Waals surface area contributed by atoms with E-state index in [-0.39, 0.29) is 29.3 Å². The van der Waals surface area contributed by atoms with Gasteiger partial charge >= 0.3 is 12.2 Å². The molecule has 0 saturated carbocycles. The number of halogens is 5. The van der Waals surface area contributed by atoms with E-state index in [2.05, 4.69) is 25.9 Å². The first kappa shape index (κ1) is 33.6. The lowest BCUT2D eigenvalue weighted by atomic mass is 10.1. The van der Waals surface area contributed by atoms with Crippen LogP contribution >= 0.6 is 0 Å². The number of aromatic nitrogens is 2. The van der Waals surface area contributed by atoms with Crippen molar-refractivity contribution in [2.75, 3.05) is 43.4 Å². The first-order valence-electron chi connectivity index (χ1n) is 14.8. The summed E-state index contributed by atoms with van der Waals surface area (Å²) in [5, 5.41) is 25.7. The van der Waals surface area contributed by atoms with Crippen molar-refractivity contribution >= 4 is 29.3 Å². The summed E-state index contributed by atoms with van der Waals surface area (Å²) < 4.78 is 65.6. The smallest absolute Gasteiger partial charge is 0.347 e. The van der Waals surface area contributed by atoms with Crippen molar-refractivity contribution < 1.29 is 31.5 Å². The molecule has 0 aliphatic carbocycles. The van der Waals surface area contributed by atoms with E-state index in [1.807, 2.05) is 12.4 Å². The topological polar surface area (TPSA) is 153 Å². The quantitative estimate of drug-likeness (QED) is 0.263. The number of hydrogen-bond acceptors (Lipinski definition) is 9. The Morgan fingerprint density at radius 3 is 2.29 bits per heavy atom. The number of benzene rings is 2. The highest BCUT2D eigenvalue weighted by Crippen LogP contribution is 2.33. The van der Waals surface area contributed by atoms with Crippen molar-refractivity contribution in [3.63, 3.8) is 0 Å². The normalized spacial score (nSPS) is 19.8. The number of alkyl halides is 3. The molecule has 4 heterocycles. The van der Waals surface area contributed by atoms with Crippen LogP contribution in [-0.4, -0.2) is 81.4 Å². The van der Waals surface area contributed by atoms with Crippen LogP contribution in [0.3, 0.4) is 0 Å². The Hall–Kier alpha value is -5.71.